The van der Waals surface area contributed by atoms with Gasteiger partial charge in [-0.3, -0.25) is 9.00 Å². The summed E-state index contributed by atoms with van der Waals surface area (Å²) in [6, 6.07) is 11.8. The number of rotatable bonds is 4. The Morgan fingerprint density at radius 3 is 2.27 bits per heavy atom. The minimum Gasteiger partial charge on any atom is -0.347 e. The average molecular weight is 335 g/mol. The van der Waals surface area contributed by atoms with Crippen LogP contribution in [0.25, 0.3) is 0 Å². The number of hydrogen-bond acceptors (Lipinski definition) is 3. The highest BCUT2D eigenvalue weighted by Gasteiger charge is 2.13. The van der Waals surface area contributed by atoms with Gasteiger partial charge in [0.1, 0.15) is 0 Å². The molecule has 5 heteroatoms. The molecule has 0 bridgehead atoms. The Kier molecular flexibility index (Phi) is 5.19. The Bertz CT molecular complexity index is 681. The molecule has 3 nitrogen and oxygen atoms in total. The van der Waals surface area contributed by atoms with Crippen LogP contribution < -0.4 is 5.32 Å². The largest absolute Gasteiger partial charge is 0.347 e. The highest BCUT2D eigenvalue weighted by atomic mass is 32.2. The van der Waals surface area contributed by atoms with Crippen LogP contribution in [0.2, 0.25) is 0 Å². The molecule has 1 unspecified atom stereocenters. The summed E-state index contributed by atoms with van der Waals surface area (Å²) >= 11 is 1.28. The molecule has 0 spiro atoms. The molecule has 0 aliphatic heterocycles. The van der Waals surface area contributed by atoms with Crippen molar-refractivity contribution in [1.29, 1.82) is 0 Å². The fraction of sp³-hybridized carbons (Fsp3) is 0.353. The molecule has 1 aromatic heterocycles. The molecule has 2 rings (SSSR count). The first-order valence-electron chi connectivity index (χ1n) is 7.08. The minimum absolute atomic E-state index is 0.124. The van der Waals surface area contributed by atoms with Crippen molar-refractivity contribution in [3.8, 4) is 0 Å². The van der Waals surface area contributed by atoms with Gasteiger partial charge in [-0.2, -0.15) is 0 Å². The first-order chi connectivity index (χ1) is 10.3. The molecule has 1 N–H and O–H groups in total. The van der Waals surface area contributed by atoms with Gasteiger partial charge in [-0.05, 0) is 28.7 Å². The maximum Gasteiger partial charge on any atom is 0.261 e. The van der Waals surface area contributed by atoms with Gasteiger partial charge in [0, 0.05) is 12.8 Å². The third kappa shape index (κ3) is 4.27. The second kappa shape index (κ2) is 6.75. The van der Waals surface area contributed by atoms with E-state index in [2.05, 4.69) is 38.2 Å². The van der Waals surface area contributed by atoms with E-state index in [1.54, 1.807) is 18.4 Å². The van der Waals surface area contributed by atoms with E-state index in [9.17, 15) is 9.00 Å². The zero-order chi connectivity index (χ0) is 16.3. The van der Waals surface area contributed by atoms with Gasteiger partial charge in [-0.1, -0.05) is 45.0 Å². The van der Waals surface area contributed by atoms with Crippen LogP contribution in [-0.4, -0.2) is 16.4 Å². The van der Waals surface area contributed by atoms with Crippen LogP contribution in [0.5, 0.6) is 0 Å². The van der Waals surface area contributed by atoms with Gasteiger partial charge < -0.3 is 5.32 Å². The Balaban J connectivity index is 1.97. The molecule has 0 radical (unpaired) electrons. The third-order valence-electron chi connectivity index (χ3n) is 3.36. The van der Waals surface area contributed by atoms with Crippen LogP contribution in [0.4, 0.5) is 0 Å². The number of carbonyl (C=O) groups excluding carboxylic acids is 1. The molecule has 1 aromatic carbocycles. The lowest BCUT2D eigenvalue weighted by molar-refractivity contribution is 0.0955. The molecular formula is C17H21NO2S2. The van der Waals surface area contributed by atoms with E-state index >= 15 is 0 Å². The van der Waals surface area contributed by atoms with Crippen molar-refractivity contribution in [2.45, 2.75) is 36.9 Å². The van der Waals surface area contributed by atoms with Gasteiger partial charge in [0.05, 0.1) is 19.9 Å². The van der Waals surface area contributed by atoms with Crippen molar-refractivity contribution >= 4 is 28.0 Å². The Hall–Kier alpha value is -1.46. The summed E-state index contributed by atoms with van der Waals surface area (Å²) in [7, 11) is -1.04. The van der Waals surface area contributed by atoms with Crippen molar-refractivity contribution in [2.75, 3.05) is 6.26 Å². The van der Waals surface area contributed by atoms with E-state index in [0.29, 0.717) is 11.4 Å². The van der Waals surface area contributed by atoms with Crippen LogP contribution in [0.1, 0.15) is 41.6 Å². The van der Waals surface area contributed by atoms with E-state index in [1.807, 2.05) is 12.1 Å². The molecule has 1 heterocycles. The quantitative estimate of drug-likeness (QED) is 0.926. The normalized spacial score (nSPS) is 12.9. The van der Waals surface area contributed by atoms with Crippen molar-refractivity contribution in [1.82, 2.24) is 5.32 Å². The number of carbonyl (C=O) groups is 1. The van der Waals surface area contributed by atoms with Crippen molar-refractivity contribution in [2.24, 2.45) is 0 Å². The van der Waals surface area contributed by atoms with Gasteiger partial charge >= 0.3 is 0 Å². The molecule has 0 saturated heterocycles. The fourth-order valence-corrected chi connectivity index (χ4v) is 3.64. The number of thiophene rings is 1. The molecule has 0 aliphatic carbocycles. The van der Waals surface area contributed by atoms with Gasteiger partial charge in [0.25, 0.3) is 5.91 Å². The number of amides is 1. The van der Waals surface area contributed by atoms with E-state index in [-0.39, 0.29) is 11.3 Å². The lowest BCUT2D eigenvalue weighted by atomic mass is 9.87. The van der Waals surface area contributed by atoms with Crippen LogP contribution in [-0.2, 0) is 22.8 Å². The van der Waals surface area contributed by atoms with Crippen molar-refractivity contribution < 1.29 is 9.00 Å². The zero-order valence-electron chi connectivity index (χ0n) is 13.3. The molecule has 1 atom stereocenters. The highest BCUT2D eigenvalue weighted by molar-refractivity contribution is 7.86. The lowest BCUT2D eigenvalue weighted by Crippen LogP contribution is -2.21. The zero-order valence-corrected chi connectivity index (χ0v) is 14.9. The van der Waals surface area contributed by atoms with Crippen LogP contribution >= 0.6 is 11.3 Å². The summed E-state index contributed by atoms with van der Waals surface area (Å²) in [6.07, 6.45) is 1.62. The Labute approximate surface area is 138 Å². The SMILES string of the molecule is CS(=O)c1ccc(C(=O)NCc2ccc(C(C)(C)C)cc2)s1. The Morgan fingerprint density at radius 1 is 1.14 bits per heavy atom. The molecule has 1 amide bonds. The maximum atomic E-state index is 12.1. The van der Waals surface area contributed by atoms with Crippen molar-refractivity contribution in [3.63, 3.8) is 0 Å². The van der Waals surface area contributed by atoms with Crippen molar-refractivity contribution in [3.05, 3.63) is 52.4 Å². The second-order valence-electron chi connectivity index (χ2n) is 6.20. The van der Waals surface area contributed by atoms with Gasteiger partial charge in [0.15, 0.2) is 0 Å². The summed E-state index contributed by atoms with van der Waals surface area (Å²) in [5, 5.41) is 2.90. The lowest BCUT2D eigenvalue weighted by Gasteiger charge is -2.19. The smallest absolute Gasteiger partial charge is 0.261 e. The highest BCUT2D eigenvalue weighted by Crippen LogP contribution is 2.22. The number of benzene rings is 1. The summed E-state index contributed by atoms with van der Waals surface area (Å²) in [5.74, 6) is -0.124. The topological polar surface area (TPSA) is 46.2 Å². The van der Waals surface area contributed by atoms with E-state index in [0.717, 1.165) is 9.77 Å². The summed E-state index contributed by atoms with van der Waals surface area (Å²) in [6.45, 7) is 7.02. The van der Waals surface area contributed by atoms with Gasteiger partial charge in [-0.15, -0.1) is 11.3 Å². The average Bonchev–Trinajstić information content (AvgIpc) is 2.94. The van der Waals surface area contributed by atoms with E-state index in [1.165, 1.54) is 16.9 Å². The molecular weight excluding hydrogens is 314 g/mol. The fourth-order valence-electron chi connectivity index (χ4n) is 1.99. The van der Waals surface area contributed by atoms with E-state index in [4.69, 9.17) is 0 Å². The molecule has 118 valence electrons. The van der Waals surface area contributed by atoms with Gasteiger partial charge in [-0.25, -0.2) is 0 Å². The number of nitrogens with one attached hydrogen (secondary N) is 1. The summed E-state index contributed by atoms with van der Waals surface area (Å²) < 4.78 is 12.1. The molecule has 22 heavy (non-hydrogen) atoms. The molecule has 0 saturated carbocycles. The first kappa shape index (κ1) is 16.9. The van der Waals surface area contributed by atoms with Crippen LogP contribution in [0.3, 0.4) is 0 Å². The predicted molar refractivity (Wildman–Crippen MR) is 93.0 cm³/mol. The molecule has 2 aromatic rings. The third-order valence-corrected chi connectivity index (χ3v) is 5.90. The van der Waals surface area contributed by atoms with Crippen LogP contribution in [0.15, 0.2) is 40.6 Å². The maximum absolute atomic E-state index is 12.1. The first-order valence-corrected chi connectivity index (χ1v) is 9.46. The standard InChI is InChI=1S/C17H21NO2S2/c1-17(2,3)13-7-5-12(6-8-13)11-18-16(19)14-9-10-15(21-14)22(4)20/h5-10H,11H2,1-4H3,(H,18,19). The number of hydrogen-bond donors (Lipinski definition) is 1. The molecule has 0 aliphatic rings. The summed E-state index contributed by atoms with van der Waals surface area (Å²) in [5.41, 5.74) is 2.47. The molecule has 0 fully saturated rings. The summed E-state index contributed by atoms with van der Waals surface area (Å²) in [4.78, 5) is 12.7. The van der Waals surface area contributed by atoms with Crippen LogP contribution in [0, 0.1) is 0 Å². The minimum atomic E-state index is -1.04. The van der Waals surface area contributed by atoms with Gasteiger partial charge in [0.2, 0.25) is 0 Å². The predicted octanol–water partition coefficient (Wildman–Crippen LogP) is 3.71. The second-order valence-corrected chi connectivity index (χ2v) is 8.89. The Morgan fingerprint density at radius 2 is 1.77 bits per heavy atom. The van der Waals surface area contributed by atoms with E-state index < -0.39 is 10.8 Å². The monoisotopic (exact) mass is 335 g/mol.